The SMILES string of the molecule is Cc1ccc(OCc2cccc(C(=O)O)c2)cc1. The first-order valence-electron chi connectivity index (χ1n) is 5.67. The van der Waals surface area contributed by atoms with Crippen LogP contribution in [0.1, 0.15) is 21.5 Å². The molecule has 0 heterocycles. The van der Waals surface area contributed by atoms with Crippen molar-refractivity contribution in [2.75, 3.05) is 0 Å². The highest BCUT2D eigenvalue weighted by Crippen LogP contribution is 2.14. The minimum atomic E-state index is -0.924. The lowest BCUT2D eigenvalue weighted by atomic mass is 10.1. The van der Waals surface area contributed by atoms with Gasteiger partial charge in [0.25, 0.3) is 0 Å². The van der Waals surface area contributed by atoms with Gasteiger partial charge in [-0.2, -0.15) is 0 Å². The van der Waals surface area contributed by atoms with Crippen LogP contribution in [0, 0.1) is 6.92 Å². The number of hydrogen-bond acceptors (Lipinski definition) is 2. The van der Waals surface area contributed by atoms with Crippen molar-refractivity contribution in [1.82, 2.24) is 0 Å². The van der Waals surface area contributed by atoms with E-state index in [0.29, 0.717) is 6.61 Å². The topological polar surface area (TPSA) is 46.5 Å². The zero-order valence-electron chi connectivity index (χ0n) is 10.1. The molecule has 3 heteroatoms. The summed E-state index contributed by atoms with van der Waals surface area (Å²) in [6.07, 6.45) is 0. The summed E-state index contributed by atoms with van der Waals surface area (Å²) >= 11 is 0. The predicted molar refractivity (Wildman–Crippen MR) is 68.9 cm³/mol. The van der Waals surface area contributed by atoms with Gasteiger partial charge < -0.3 is 9.84 Å². The molecule has 0 aliphatic carbocycles. The third-order valence-electron chi connectivity index (χ3n) is 2.60. The summed E-state index contributed by atoms with van der Waals surface area (Å²) in [5.41, 5.74) is 2.30. The second kappa shape index (κ2) is 5.36. The first kappa shape index (κ1) is 12.2. The Bertz CT molecular complexity index is 544. The molecule has 0 fully saturated rings. The molecule has 0 amide bonds. The van der Waals surface area contributed by atoms with Crippen LogP contribution in [0.5, 0.6) is 5.75 Å². The molecule has 3 nitrogen and oxygen atoms in total. The van der Waals surface area contributed by atoms with Crippen LogP contribution < -0.4 is 4.74 Å². The second-order valence-electron chi connectivity index (χ2n) is 4.11. The maximum absolute atomic E-state index is 10.8. The van der Waals surface area contributed by atoms with Gasteiger partial charge in [-0.05, 0) is 36.8 Å². The summed E-state index contributed by atoms with van der Waals surface area (Å²) in [5, 5.41) is 8.88. The number of rotatable bonds is 4. The number of carboxylic acids is 1. The first-order chi connectivity index (χ1) is 8.65. The van der Waals surface area contributed by atoms with Gasteiger partial charge in [-0.3, -0.25) is 0 Å². The van der Waals surface area contributed by atoms with E-state index < -0.39 is 5.97 Å². The van der Waals surface area contributed by atoms with Crippen LogP contribution in [-0.4, -0.2) is 11.1 Å². The van der Waals surface area contributed by atoms with Gasteiger partial charge in [0.05, 0.1) is 5.56 Å². The predicted octanol–water partition coefficient (Wildman–Crippen LogP) is 3.27. The highest BCUT2D eigenvalue weighted by molar-refractivity contribution is 5.87. The minimum Gasteiger partial charge on any atom is -0.489 e. The van der Waals surface area contributed by atoms with Crippen molar-refractivity contribution >= 4 is 5.97 Å². The smallest absolute Gasteiger partial charge is 0.335 e. The first-order valence-corrected chi connectivity index (χ1v) is 5.67. The summed E-state index contributed by atoms with van der Waals surface area (Å²) in [7, 11) is 0. The van der Waals surface area contributed by atoms with Crippen LogP contribution in [0.3, 0.4) is 0 Å². The molecule has 2 rings (SSSR count). The summed E-state index contributed by atoms with van der Waals surface area (Å²) in [6, 6.07) is 14.5. The summed E-state index contributed by atoms with van der Waals surface area (Å²) < 4.78 is 5.59. The number of aromatic carboxylic acids is 1. The summed E-state index contributed by atoms with van der Waals surface area (Å²) in [5.74, 6) is -0.145. The van der Waals surface area contributed by atoms with E-state index in [0.717, 1.165) is 11.3 Å². The lowest BCUT2D eigenvalue weighted by molar-refractivity contribution is 0.0696. The van der Waals surface area contributed by atoms with Crippen molar-refractivity contribution in [3.63, 3.8) is 0 Å². The molecule has 18 heavy (non-hydrogen) atoms. The van der Waals surface area contributed by atoms with Crippen LogP contribution in [0.2, 0.25) is 0 Å². The van der Waals surface area contributed by atoms with Crippen molar-refractivity contribution in [1.29, 1.82) is 0 Å². The van der Waals surface area contributed by atoms with Crippen molar-refractivity contribution in [3.05, 3.63) is 65.2 Å². The lowest BCUT2D eigenvalue weighted by Gasteiger charge is -2.07. The van der Waals surface area contributed by atoms with Crippen molar-refractivity contribution in [2.45, 2.75) is 13.5 Å². The zero-order chi connectivity index (χ0) is 13.0. The minimum absolute atomic E-state index is 0.278. The van der Waals surface area contributed by atoms with E-state index in [-0.39, 0.29) is 5.56 Å². The fraction of sp³-hybridized carbons (Fsp3) is 0.133. The zero-order valence-corrected chi connectivity index (χ0v) is 10.1. The van der Waals surface area contributed by atoms with Gasteiger partial charge in [-0.1, -0.05) is 29.8 Å². The van der Waals surface area contributed by atoms with Crippen molar-refractivity contribution in [2.24, 2.45) is 0 Å². The Labute approximate surface area is 106 Å². The molecule has 0 aliphatic rings. The van der Waals surface area contributed by atoms with Gasteiger partial charge in [0.1, 0.15) is 12.4 Å². The Morgan fingerprint density at radius 2 is 1.89 bits per heavy atom. The van der Waals surface area contributed by atoms with E-state index in [1.807, 2.05) is 37.3 Å². The van der Waals surface area contributed by atoms with Gasteiger partial charge in [0, 0.05) is 0 Å². The quantitative estimate of drug-likeness (QED) is 0.895. The molecule has 2 aromatic carbocycles. The number of carboxylic acid groups (broad SMARTS) is 1. The van der Waals surface area contributed by atoms with Gasteiger partial charge in [-0.15, -0.1) is 0 Å². The highest BCUT2D eigenvalue weighted by atomic mass is 16.5. The number of benzene rings is 2. The molecule has 0 saturated carbocycles. The monoisotopic (exact) mass is 242 g/mol. The molecule has 0 aromatic heterocycles. The standard InChI is InChI=1S/C15H14O3/c1-11-5-7-14(8-6-11)18-10-12-3-2-4-13(9-12)15(16)17/h2-9H,10H2,1H3,(H,16,17). The van der Waals surface area contributed by atoms with Crippen LogP contribution in [0.4, 0.5) is 0 Å². The Morgan fingerprint density at radius 1 is 1.17 bits per heavy atom. The summed E-state index contributed by atoms with van der Waals surface area (Å²) in [4.78, 5) is 10.8. The fourth-order valence-corrected chi connectivity index (χ4v) is 1.60. The number of ether oxygens (including phenoxy) is 1. The Balaban J connectivity index is 2.04. The van der Waals surface area contributed by atoms with Crippen molar-refractivity contribution in [3.8, 4) is 5.75 Å². The average Bonchev–Trinajstić information content (AvgIpc) is 2.38. The highest BCUT2D eigenvalue weighted by Gasteiger charge is 2.03. The Hall–Kier alpha value is -2.29. The molecule has 0 atom stereocenters. The molecule has 0 unspecified atom stereocenters. The lowest BCUT2D eigenvalue weighted by Crippen LogP contribution is -2.00. The van der Waals surface area contributed by atoms with Crippen LogP contribution >= 0.6 is 0 Å². The molecule has 0 bridgehead atoms. The van der Waals surface area contributed by atoms with Gasteiger partial charge in [-0.25, -0.2) is 4.79 Å². The molecular weight excluding hydrogens is 228 g/mol. The third kappa shape index (κ3) is 3.10. The van der Waals surface area contributed by atoms with Crippen molar-refractivity contribution < 1.29 is 14.6 Å². The molecule has 0 saturated heterocycles. The number of hydrogen-bond donors (Lipinski definition) is 1. The van der Waals surface area contributed by atoms with E-state index in [4.69, 9.17) is 9.84 Å². The van der Waals surface area contributed by atoms with E-state index in [1.165, 1.54) is 5.56 Å². The molecule has 2 aromatic rings. The number of carbonyl (C=O) groups is 1. The second-order valence-corrected chi connectivity index (χ2v) is 4.11. The Kier molecular flexibility index (Phi) is 3.63. The fourth-order valence-electron chi connectivity index (χ4n) is 1.60. The maximum atomic E-state index is 10.8. The molecule has 0 aliphatic heterocycles. The van der Waals surface area contributed by atoms with Crippen LogP contribution in [0.25, 0.3) is 0 Å². The van der Waals surface area contributed by atoms with Gasteiger partial charge in [0.2, 0.25) is 0 Å². The maximum Gasteiger partial charge on any atom is 0.335 e. The van der Waals surface area contributed by atoms with Gasteiger partial charge in [0.15, 0.2) is 0 Å². The van der Waals surface area contributed by atoms with E-state index in [1.54, 1.807) is 18.2 Å². The number of aryl methyl sites for hydroxylation is 1. The normalized spacial score (nSPS) is 10.1. The average molecular weight is 242 g/mol. The Morgan fingerprint density at radius 3 is 2.56 bits per heavy atom. The van der Waals surface area contributed by atoms with Gasteiger partial charge >= 0.3 is 5.97 Å². The molecule has 0 radical (unpaired) electrons. The van der Waals surface area contributed by atoms with Crippen LogP contribution in [0.15, 0.2) is 48.5 Å². The molecule has 0 spiro atoms. The largest absolute Gasteiger partial charge is 0.489 e. The molecule has 1 N–H and O–H groups in total. The van der Waals surface area contributed by atoms with Crippen LogP contribution in [-0.2, 0) is 6.61 Å². The van der Waals surface area contributed by atoms with E-state index in [2.05, 4.69) is 0 Å². The molecule has 92 valence electrons. The molecular formula is C15H14O3. The van der Waals surface area contributed by atoms with E-state index >= 15 is 0 Å². The van der Waals surface area contributed by atoms with E-state index in [9.17, 15) is 4.79 Å². The summed E-state index contributed by atoms with van der Waals surface area (Å²) in [6.45, 7) is 2.38. The third-order valence-corrected chi connectivity index (χ3v) is 2.60.